The van der Waals surface area contributed by atoms with E-state index in [0.29, 0.717) is 12.6 Å². The molecule has 2 rings (SSSR count). The van der Waals surface area contributed by atoms with Gasteiger partial charge >= 0.3 is 0 Å². The minimum absolute atomic E-state index is 0.0382. The predicted octanol–water partition coefficient (Wildman–Crippen LogP) is 1.72. The maximum absolute atomic E-state index is 6.51. The first-order valence-electron chi connectivity index (χ1n) is 7.49. The van der Waals surface area contributed by atoms with Crippen LogP contribution in [-0.2, 0) is 0 Å². The van der Waals surface area contributed by atoms with E-state index in [0.717, 1.165) is 25.4 Å². The van der Waals surface area contributed by atoms with Crippen molar-refractivity contribution in [1.82, 2.24) is 9.80 Å². The van der Waals surface area contributed by atoms with Gasteiger partial charge in [0.05, 0.1) is 6.61 Å². The van der Waals surface area contributed by atoms with Crippen LogP contribution in [0.15, 0.2) is 24.3 Å². The molecule has 1 fully saturated rings. The lowest BCUT2D eigenvalue weighted by molar-refractivity contribution is 0.196. The molecule has 4 heteroatoms. The molecule has 0 aromatic heterocycles. The zero-order valence-electron chi connectivity index (χ0n) is 12.9. The van der Waals surface area contributed by atoms with E-state index in [1.54, 1.807) is 0 Å². The summed E-state index contributed by atoms with van der Waals surface area (Å²) in [5.74, 6) is 0.912. The second-order valence-electron chi connectivity index (χ2n) is 5.69. The molecular weight excluding hydrogens is 250 g/mol. The van der Waals surface area contributed by atoms with Gasteiger partial charge < -0.3 is 20.3 Å². The van der Waals surface area contributed by atoms with Crippen LogP contribution in [0.25, 0.3) is 0 Å². The van der Waals surface area contributed by atoms with Crippen LogP contribution in [0.3, 0.4) is 0 Å². The molecule has 2 atom stereocenters. The fraction of sp³-hybridized carbons (Fsp3) is 0.625. The van der Waals surface area contributed by atoms with Crippen molar-refractivity contribution in [3.05, 3.63) is 29.8 Å². The van der Waals surface area contributed by atoms with Gasteiger partial charge in [0.1, 0.15) is 5.75 Å². The third kappa shape index (κ3) is 3.72. The fourth-order valence-electron chi connectivity index (χ4n) is 2.87. The Bertz CT molecular complexity index is 407. The molecule has 20 heavy (non-hydrogen) atoms. The Labute approximate surface area is 122 Å². The van der Waals surface area contributed by atoms with Crippen LogP contribution < -0.4 is 10.5 Å². The molecule has 0 spiro atoms. The topological polar surface area (TPSA) is 41.7 Å². The molecule has 1 heterocycles. The number of rotatable bonds is 4. The smallest absolute Gasteiger partial charge is 0.119 e. The summed E-state index contributed by atoms with van der Waals surface area (Å²) < 4.78 is 5.48. The van der Waals surface area contributed by atoms with Crippen LogP contribution in [0, 0.1) is 0 Å². The van der Waals surface area contributed by atoms with Crippen molar-refractivity contribution >= 4 is 0 Å². The molecule has 1 saturated heterocycles. The van der Waals surface area contributed by atoms with Crippen molar-refractivity contribution in [3.8, 4) is 5.75 Å². The van der Waals surface area contributed by atoms with Gasteiger partial charge in [0.15, 0.2) is 0 Å². The quantitative estimate of drug-likeness (QED) is 0.910. The van der Waals surface area contributed by atoms with E-state index in [4.69, 9.17) is 10.5 Å². The summed E-state index contributed by atoms with van der Waals surface area (Å²) in [6, 6.07) is 8.61. The summed E-state index contributed by atoms with van der Waals surface area (Å²) in [4.78, 5) is 4.77. The monoisotopic (exact) mass is 277 g/mol. The summed E-state index contributed by atoms with van der Waals surface area (Å²) in [5, 5.41) is 0. The third-order valence-electron chi connectivity index (χ3n) is 4.11. The summed E-state index contributed by atoms with van der Waals surface area (Å²) in [6.07, 6.45) is 1.21. The Morgan fingerprint density at radius 2 is 1.95 bits per heavy atom. The number of hydrogen-bond acceptors (Lipinski definition) is 4. The van der Waals surface area contributed by atoms with E-state index in [9.17, 15) is 0 Å². The average molecular weight is 277 g/mol. The predicted molar refractivity (Wildman–Crippen MR) is 83.1 cm³/mol. The molecule has 4 nitrogen and oxygen atoms in total. The Kier molecular flexibility index (Phi) is 5.40. The zero-order valence-corrected chi connectivity index (χ0v) is 12.9. The fourth-order valence-corrected chi connectivity index (χ4v) is 2.87. The highest BCUT2D eigenvalue weighted by molar-refractivity contribution is 5.30. The van der Waals surface area contributed by atoms with Crippen LogP contribution in [-0.4, -0.2) is 56.2 Å². The minimum Gasteiger partial charge on any atom is -0.494 e. The van der Waals surface area contributed by atoms with Crippen LogP contribution >= 0.6 is 0 Å². The molecule has 1 aliphatic heterocycles. The van der Waals surface area contributed by atoms with Gasteiger partial charge in [-0.3, -0.25) is 0 Å². The van der Waals surface area contributed by atoms with Gasteiger partial charge in [0.2, 0.25) is 0 Å². The first kappa shape index (κ1) is 15.3. The van der Waals surface area contributed by atoms with Crippen LogP contribution in [0.1, 0.15) is 24.9 Å². The molecule has 2 N–H and O–H groups in total. The molecule has 0 bridgehead atoms. The average Bonchev–Trinajstić information content (AvgIpc) is 2.61. The second-order valence-corrected chi connectivity index (χ2v) is 5.69. The molecule has 0 amide bonds. The summed E-state index contributed by atoms with van der Waals surface area (Å²) in [5.41, 5.74) is 7.69. The van der Waals surface area contributed by atoms with Crippen molar-refractivity contribution in [1.29, 1.82) is 0 Å². The summed E-state index contributed by atoms with van der Waals surface area (Å²) >= 11 is 0. The Hall–Kier alpha value is -1.10. The van der Waals surface area contributed by atoms with E-state index >= 15 is 0 Å². The molecule has 112 valence electrons. The molecule has 1 aromatic carbocycles. The normalized spacial score (nSPS) is 23.3. The van der Waals surface area contributed by atoms with Crippen molar-refractivity contribution in [2.45, 2.75) is 25.4 Å². The number of benzene rings is 1. The maximum Gasteiger partial charge on any atom is 0.119 e. The van der Waals surface area contributed by atoms with E-state index in [1.165, 1.54) is 12.0 Å². The van der Waals surface area contributed by atoms with Crippen LogP contribution in [0.5, 0.6) is 5.75 Å². The summed E-state index contributed by atoms with van der Waals surface area (Å²) in [7, 11) is 4.36. The van der Waals surface area contributed by atoms with Crippen molar-refractivity contribution in [2.24, 2.45) is 5.73 Å². The lowest BCUT2D eigenvalue weighted by atomic mass is 9.99. The standard InChI is InChI=1S/C16H27N3O/c1-4-20-14-8-6-13(7-9-14)16(17)15-12-18(2)10-5-11-19(15)3/h6-9,15-16H,4-5,10-12,17H2,1-3H3. The molecule has 1 aliphatic rings. The lowest BCUT2D eigenvalue weighted by Crippen LogP contribution is -2.45. The number of ether oxygens (including phenoxy) is 1. The van der Waals surface area contributed by atoms with Crippen molar-refractivity contribution in [3.63, 3.8) is 0 Å². The minimum atomic E-state index is 0.0382. The molecule has 0 saturated carbocycles. The number of likely N-dealkylation sites (N-methyl/N-ethyl adjacent to an activating group) is 2. The van der Waals surface area contributed by atoms with E-state index in [2.05, 4.69) is 36.0 Å². The van der Waals surface area contributed by atoms with E-state index < -0.39 is 0 Å². The van der Waals surface area contributed by atoms with Crippen molar-refractivity contribution < 1.29 is 4.74 Å². The van der Waals surface area contributed by atoms with Gasteiger partial charge in [-0.2, -0.15) is 0 Å². The molecule has 0 aliphatic carbocycles. The number of nitrogens with two attached hydrogens (primary N) is 1. The first-order valence-corrected chi connectivity index (χ1v) is 7.49. The SMILES string of the molecule is CCOc1ccc(C(N)C2CN(C)CCCN2C)cc1. The van der Waals surface area contributed by atoms with Gasteiger partial charge in [-0.15, -0.1) is 0 Å². The molecule has 0 radical (unpaired) electrons. The highest BCUT2D eigenvalue weighted by Gasteiger charge is 2.27. The number of hydrogen-bond donors (Lipinski definition) is 1. The van der Waals surface area contributed by atoms with Gasteiger partial charge in [-0.1, -0.05) is 12.1 Å². The van der Waals surface area contributed by atoms with Crippen molar-refractivity contribution in [2.75, 3.05) is 40.3 Å². The molecule has 1 aromatic rings. The van der Waals surface area contributed by atoms with Crippen LogP contribution in [0.2, 0.25) is 0 Å². The molecule has 2 unspecified atom stereocenters. The first-order chi connectivity index (χ1) is 9.61. The Morgan fingerprint density at radius 1 is 1.25 bits per heavy atom. The zero-order chi connectivity index (χ0) is 14.5. The maximum atomic E-state index is 6.51. The summed E-state index contributed by atoms with van der Waals surface area (Å²) in [6.45, 7) is 5.97. The highest BCUT2D eigenvalue weighted by Crippen LogP contribution is 2.23. The van der Waals surface area contributed by atoms with Gasteiger partial charge in [-0.05, 0) is 58.2 Å². The lowest BCUT2D eigenvalue weighted by Gasteiger charge is -2.32. The second kappa shape index (κ2) is 7.07. The third-order valence-corrected chi connectivity index (χ3v) is 4.11. The van der Waals surface area contributed by atoms with Gasteiger partial charge in [0.25, 0.3) is 0 Å². The Morgan fingerprint density at radius 3 is 2.60 bits per heavy atom. The highest BCUT2D eigenvalue weighted by atomic mass is 16.5. The van der Waals surface area contributed by atoms with Gasteiger partial charge in [-0.25, -0.2) is 0 Å². The number of nitrogens with zero attached hydrogens (tertiary/aromatic N) is 2. The van der Waals surface area contributed by atoms with E-state index in [1.807, 2.05) is 19.1 Å². The van der Waals surface area contributed by atoms with Gasteiger partial charge in [0, 0.05) is 18.6 Å². The Balaban J connectivity index is 2.09. The largest absolute Gasteiger partial charge is 0.494 e. The van der Waals surface area contributed by atoms with Crippen LogP contribution in [0.4, 0.5) is 0 Å². The molecular formula is C16H27N3O. The van der Waals surface area contributed by atoms with E-state index in [-0.39, 0.29) is 6.04 Å².